The minimum absolute atomic E-state index is 0.0163. The van der Waals surface area contributed by atoms with Crippen LogP contribution < -0.4 is 5.69 Å². The molecule has 0 amide bonds. The first-order chi connectivity index (χ1) is 10.6. The monoisotopic (exact) mass is 312 g/mol. The van der Waals surface area contributed by atoms with Gasteiger partial charge >= 0.3 is 5.69 Å². The van der Waals surface area contributed by atoms with E-state index in [1.54, 1.807) is 0 Å². The van der Waals surface area contributed by atoms with Crippen LogP contribution in [0.4, 0.5) is 0 Å². The maximum Gasteiger partial charge on any atom is 0.326 e. The molecule has 0 bridgehead atoms. The van der Waals surface area contributed by atoms with Crippen molar-refractivity contribution in [1.82, 2.24) is 9.55 Å². The molecular formula is C18H20N2OS. The maximum absolute atomic E-state index is 12.0. The largest absolute Gasteiger partial charge is 0.326 e. The highest BCUT2D eigenvalue weighted by Gasteiger charge is 2.05. The van der Waals surface area contributed by atoms with Crippen molar-refractivity contribution >= 4 is 22.8 Å². The summed E-state index contributed by atoms with van der Waals surface area (Å²) < 4.78 is 1.83. The second kappa shape index (κ2) is 6.44. The summed E-state index contributed by atoms with van der Waals surface area (Å²) in [7, 11) is 0. The molecular weight excluding hydrogens is 292 g/mol. The number of H-pyrrole nitrogens is 1. The van der Waals surface area contributed by atoms with Gasteiger partial charge in [-0.15, -0.1) is 11.8 Å². The van der Waals surface area contributed by atoms with Crippen LogP contribution in [0.3, 0.4) is 0 Å². The van der Waals surface area contributed by atoms with Crippen molar-refractivity contribution in [2.75, 3.05) is 5.75 Å². The number of aromatic nitrogens is 2. The van der Waals surface area contributed by atoms with Gasteiger partial charge in [0.25, 0.3) is 0 Å². The fourth-order valence-electron chi connectivity index (χ4n) is 2.55. The van der Waals surface area contributed by atoms with E-state index in [4.69, 9.17) is 0 Å². The van der Waals surface area contributed by atoms with E-state index in [2.05, 4.69) is 37.0 Å². The summed E-state index contributed by atoms with van der Waals surface area (Å²) in [4.78, 5) is 16.2. The van der Waals surface area contributed by atoms with E-state index < -0.39 is 0 Å². The Morgan fingerprint density at radius 2 is 1.91 bits per heavy atom. The zero-order valence-electron chi connectivity index (χ0n) is 12.9. The van der Waals surface area contributed by atoms with Gasteiger partial charge in [0.05, 0.1) is 11.0 Å². The molecule has 0 atom stereocenters. The normalized spacial score (nSPS) is 11.2. The number of aryl methyl sites for hydroxylation is 3. The fourth-order valence-corrected chi connectivity index (χ4v) is 3.48. The van der Waals surface area contributed by atoms with Crippen LogP contribution in [0.2, 0.25) is 0 Å². The van der Waals surface area contributed by atoms with Gasteiger partial charge in [-0.3, -0.25) is 4.57 Å². The minimum atomic E-state index is -0.0163. The average molecular weight is 312 g/mol. The molecule has 22 heavy (non-hydrogen) atoms. The molecule has 0 spiro atoms. The summed E-state index contributed by atoms with van der Waals surface area (Å²) in [5, 5.41) is 0. The van der Waals surface area contributed by atoms with Gasteiger partial charge in [0.15, 0.2) is 0 Å². The molecule has 3 aromatic rings. The highest BCUT2D eigenvalue weighted by Crippen LogP contribution is 2.22. The second-order valence-corrected chi connectivity index (χ2v) is 6.72. The molecule has 3 rings (SSSR count). The second-order valence-electron chi connectivity index (χ2n) is 5.55. The molecule has 2 aromatic carbocycles. The zero-order valence-corrected chi connectivity index (χ0v) is 13.7. The van der Waals surface area contributed by atoms with E-state index in [1.807, 2.05) is 40.6 Å². The lowest BCUT2D eigenvalue weighted by atomic mass is 10.1. The molecule has 0 aliphatic rings. The van der Waals surface area contributed by atoms with Crippen LogP contribution in [-0.4, -0.2) is 15.3 Å². The molecule has 1 N–H and O–H groups in total. The predicted molar refractivity (Wildman–Crippen MR) is 93.8 cm³/mol. The number of imidazole rings is 1. The van der Waals surface area contributed by atoms with E-state index >= 15 is 0 Å². The Hall–Kier alpha value is -1.94. The van der Waals surface area contributed by atoms with Crippen molar-refractivity contribution in [3.63, 3.8) is 0 Å². The van der Waals surface area contributed by atoms with Crippen molar-refractivity contribution in [3.05, 3.63) is 64.1 Å². The Bertz CT molecular complexity index is 848. The van der Waals surface area contributed by atoms with Gasteiger partial charge < -0.3 is 4.98 Å². The lowest BCUT2D eigenvalue weighted by molar-refractivity contribution is 0.679. The number of fused-ring (bicyclic) bond motifs is 1. The highest BCUT2D eigenvalue weighted by molar-refractivity contribution is 7.99. The van der Waals surface area contributed by atoms with E-state index in [1.165, 1.54) is 16.0 Å². The quantitative estimate of drug-likeness (QED) is 0.568. The number of hydrogen-bond donors (Lipinski definition) is 1. The van der Waals surface area contributed by atoms with Crippen LogP contribution in [0, 0.1) is 13.8 Å². The zero-order chi connectivity index (χ0) is 15.5. The Kier molecular flexibility index (Phi) is 4.39. The molecule has 3 nitrogen and oxygen atoms in total. The molecule has 4 heteroatoms. The van der Waals surface area contributed by atoms with Gasteiger partial charge in [0.2, 0.25) is 0 Å². The van der Waals surface area contributed by atoms with Crippen LogP contribution in [0.5, 0.6) is 0 Å². The van der Waals surface area contributed by atoms with Crippen molar-refractivity contribution in [1.29, 1.82) is 0 Å². The number of rotatable bonds is 5. The van der Waals surface area contributed by atoms with Gasteiger partial charge in [-0.25, -0.2) is 4.79 Å². The lowest BCUT2D eigenvalue weighted by Gasteiger charge is -2.06. The van der Waals surface area contributed by atoms with Gasteiger partial charge in [-0.05, 0) is 61.4 Å². The first-order valence-corrected chi connectivity index (χ1v) is 8.51. The Balaban J connectivity index is 1.62. The van der Waals surface area contributed by atoms with E-state index in [-0.39, 0.29) is 5.69 Å². The van der Waals surface area contributed by atoms with Crippen LogP contribution >= 0.6 is 11.8 Å². The topological polar surface area (TPSA) is 37.8 Å². The summed E-state index contributed by atoms with van der Waals surface area (Å²) in [6.45, 7) is 5.03. The van der Waals surface area contributed by atoms with Gasteiger partial charge in [-0.2, -0.15) is 0 Å². The summed E-state index contributed by atoms with van der Waals surface area (Å²) in [5.74, 6) is 1.01. The molecule has 0 aliphatic heterocycles. The maximum atomic E-state index is 12.0. The third kappa shape index (κ3) is 3.12. The van der Waals surface area contributed by atoms with E-state index in [9.17, 15) is 4.79 Å². The van der Waals surface area contributed by atoms with E-state index in [0.717, 1.165) is 29.8 Å². The van der Waals surface area contributed by atoms with Crippen LogP contribution in [0.15, 0.2) is 52.2 Å². The highest BCUT2D eigenvalue weighted by atomic mass is 32.2. The van der Waals surface area contributed by atoms with Crippen LogP contribution in [0.25, 0.3) is 11.0 Å². The molecule has 0 radical (unpaired) electrons. The molecule has 1 aromatic heterocycles. The molecule has 0 saturated carbocycles. The van der Waals surface area contributed by atoms with Crippen molar-refractivity contribution in [2.24, 2.45) is 0 Å². The van der Waals surface area contributed by atoms with Crippen LogP contribution in [0.1, 0.15) is 17.5 Å². The number of para-hydroxylation sites is 2. The third-order valence-electron chi connectivity index (χ3n) is 3.95. The smallest absolute Gasteiger partial charge is 0.306 e. The molecule has 0 aliphatic carbocycles. The van der Waals surface area contributed by atoms with Crippen molar-refractivity contribution < 1.29 is 0 Å². The summed E-state index contributed by atoms with van der Waals surface area (Å²) in [5.41, 5.74) is 4.54. The first-order valence-electron chi connectivity index (χ1n) is 7.53. The average Bonchev–Trinajstić information content (AvgIpc) is 2.83. The summed E-state index contributed by atoms with van der Waals surface area (Å²) >= 11 is 1.85. The number of hydrogen-bond acceptors (Lipinski definition) is 2. The number of thioether (sulfide) groups is 1. The van der Waals surface area contributed by atoms with Gasteiger partial charge in [0.1, 0.15) is 0 Å². The van der Waals surface area contributed by atoms with Crippen LogP contribution in [-0.2, 0) is 6.54 Å². The molecule has 114 valence electrons. The molecule has 0 saturated heterocycles. The minimum Gasteiger partial charge on any atom is -0.306 e. The molecule has 1 heterocycles. The van der Waals surface area contributed by atoms with Gasteiger partial charge in [0, 0.05) is 11.4 Å². The first kappa shape index (κ1) is 15.0. The number of nitrogens with one attached hydrogen (secondary N) is 1. The van der Waals surface area contributed by atoms with Crippen molar-refractivity contribution in [2.45, 2.75) is 31.7 Å². The van der Waals surface area contributed by atoms with E-state index in [0.29, 0.717) is 0 Å². The van der Waals surface area contributed by atoms with Crippen molar-refractivity contribution in [3.8, 4) is 0 Å². The summed E-state index contributed by atoms with van der Waals surface area (Å²) in [6, 6.07) is 14.4. The van der Waals surface area contributed by atoms with Gasteiger partial charge in [-0.1, -0.05) is 18.2 Å². The Morgan fingerprint density at radius 1 is 1.09 bits per heavy atom. The number of aromatic amines is 1. The molecule has 0 unspecified atom stereocenters. The predicted octanol–water partition coefficient (Wildman–Crippen LogP) is 4.13. The Morgan fingerprint density at radius 3 is 2.73 bits per heavy atom. The number of benzene rings is 2. The summed E-state index contributed by atoms with van der Waals surface area (Å²) in [6.07, 6.45) is 0.972. The fraction of sp³-hybridized carbons (Fsp3) is 0.278. The SMILES string of the molecule is Cc1ccc(SCCCn2c(=O)[nH]c3ccccc32)cc1C. The Labute approximate surface area is 134 Å². The number of nitrogens with zero attached hydrogens (tertiary/aromatic N) is 1. The molecule has 0 fully saturated rings. The standard InChI is InChI=1S/C18H20N2OS/c1-13-8-9-15(12-14(13)2)22-11-5-10-20-17-7-4-3-6-16(17)19-18(20)21/h3-4,6-9,12H,5,10-11H2,1-2H3,(H,19,21). The lowest BCUT2D eigenvalue weighted by Crippen LogP contribution is -2.17. The third-order valence-corrected chi connectivity index (χ3v) is 5.03.